The van der Waals surface area contributed by atoms with E-state index in [0.29, 0.717) is 43.3 Å². The maximum absolute atomic E-state index is 14.1. The van der Waals surface area contributed by atoms with Gasteiger partial charge in [-0.1, -0.05) is 29.8 Å². The Balaban J connectivity index is 1.42. The number of benzene rings is 2. The first kappa shape index (κ1) is 25.6. The van der Waals surface area contributed by atoms with E-state index in [9.17, 15) is 13.6 Å². The van der Waals surface area contributed by atoms with Gasteiger partial charge in [0.05, 0.1) is 18.3 Å². The summed E-state index contributed by atoms with van der Waals surface area (Å²) in [5.41, 5.74) is 1.38. The zero-order chi connectivity index (χ0) is 24.8. The van der Waals surface area contributed by atoms with Crippen LogP contribution < -0.4 is 0 Å². The molecule has 35 heavy (non-hydrogen) atoms. The first-order chi connectivity index (χ1) is 17.0. The van der Waals surface area contributed by atoms with Gasteiger partial charge in [0.15, 0.2) is 0 Å². The number of carbonyl (C=O) groups is 1. The zero-order valence-corrected chi connectivity index (χ0v) is 20.9. The van der Waals surface area contributed by atoms with Gasteiger partial charge < -0.3 is 9.64 Å². The summed E-state index contributed by atoms with van der Waals surface area (Å²) in [4.78, 5) is 21.3. The standard InChI is InChI=1S/C26H26ClF2N3O2S/c1-35-25-20(4-3-11-30-25)26(33)32-14-12-31(13-15-32)16-24(18-7-9-19(27)10-8-18)34-17-21-22(28)5-2-6-23(21)29/h2-11,24H,12-17H2,1H3/t24-/m0/s1. The van der Waals surface area contributed by atoms with Crippen LogP contribution in [0.3, 0.4) is 0 Å². The molecule has 9 heteroatoms. The molecular formula is C26H26ClF2N3O2S. The number of rotatable bonds is 8. The van der Waals surface area contributed by atoms with Crippen LogP contribution in [-0.2, 0) is 11.3 Å². The quantitative estimate of drug-likeness (QED) is 0.372. The van der Waals surface area contributed by atoms with Crippen LogP contribution in [0.15, 0.2) is 65.8 Å². The third-order valence-corrected chi connectivity index (χ3v) is 6.97. The lowest BCUT2D eigenvalue weighted by molar-refractivity contribution is 0.00141. The van der Waals surface area contributed by atoms with E-state index in [1.807, 2.05) is 23.3 Å². The molecule has 1 aromatic heterocycles. The normalized spacial score (nSPS) is 15.3. The van der Waals surface area contributed by atoms with Crippen LogP contribution in [-0.4, -0.2) is 59.7 Å². The molecule has 184 valence electrons. The van der Waals surface area contributed by atoms with Gasteiger partial charge in [0.2, 0.25) is 0 Å². The van der Waals surface area contributed by atoms with Crippen molar-refractivity contribution < 1.29 is 18.3 Å². The number of pyridine rings is 1. The number of thioether (sulfide) groups is 1. The molecule has 0 unspecified atom stereocenters. The maximum Gasteiger partial charge on any atom is 0.256 e. The van der Waals surface area contributed by atoms with Gasteiger partial charge in [0.25, 0.3) is 5.91 Å². The summed E-state index contributed by atoms with van der Waals surface area (Å²) in [7, 11) is 0. The number of amides is 1. The summed E-state index contributed by atoms with van der Waals surface area (Å²) in [6.45, 7) is 2.77. The minimum absolute atomic E-state index is 0.0253. The number of hydrogen-bond donors (Lipinski definition) is 0. The molecule has 4 rings (SSSR count). The van der Waals surface area contributed by atoms with Crippen LogP contribution in [0, 0.1) is 11.6 Å². The van der Waals surface area contributed by atoms with Crippen molar-refractivity contribution in [2.75, 3.05) is 39.0 Å². The summed E-state index contributed by atoms with van der Waals surface area (Å²) >= 11 is 7.50. The van der Waals surface area contributed by atoms with Crippen molar-refractivity contribution in [3.63, 3.8) is 0 Å². The van der Waals surface area contributed by atoms with Crippen molar-refractivity contribution in [3.05, 3.63) is 94.1 Å². The SMILES string of the molecule is CSc1ncccc1C(=O)N1CCN(C[C@H](OCc2c(F)cccc2F)c2ccc(Cl)cc2)CC1. The molecule has 0 radical (unpaired) electrons. The Hall–Kier alpha value is -2.52. The molecule has 0 aliphatic carbocycles. The molecule has 1 atom stereocenters. The first-order valence-corrected chi connectivity index (χ1v) is 12.9. The third kappa shape index (κ3) is 6.38. The average Bonchev–Trinajstić information content (AvgIpc) is 2.88. The Kier molecular flexibility index (Phi) is 8.73. The van der Waals surface area contributed by atoms with Crippen molar-refractivity contribution in [3.8, 4) is 0 Å². The van der Waals surface area contributed by atoms with Crippen molar-refractivity contribution >= 4 is 29.3 Å². The molecule has 0 saturated carbocycles. The molecule has 0 N–H and O–H groups in total. The molecule has 0 spiro atoms. The Morgan fingerprint density at radius 3 is 2.40 bits per heavy atom. The van der Waals surface area contributed by atoms with Gasteiger partial charge in [-0.15, -0.1) is 11.8 Å². The number of ether oxygens (including phenoxy) is 1. The van der Waals surface area contributed by atoms with Gasteiger partial charge in [-0.25, -0.2) is 13.8 Å². The van der Waals surface area contributed by atoms with E-state index < -0.39 is 17.7 Å². The molecule has 1 aliphatic heterocycles. The lowest BCUT2D eigenvalue weighted by atomic mass is 10.1. The van der Waals surface area contributed by atoms with Crippen LogP contribution in [0.1, 0.15) is 27.6 Å². The highest BCUT2D eigenvalue weighted by molar-refractivity contribution is 7.98. The predicted octanol–water partition coefficient (Wildman–Crippen LogP) is 5.45. The summed E-state index contributed by atoms with van der Waals surface area (Å²) in [5, 5.41) is 1.32. The van der Waals surface area contributed by atoms with Gasteiger partial charge in [-0.2, -0.15) is 0 Å². The summed E-state index contributed by atoms with van der Waals surface area (Å²) in [5.74, 6) is -1.29. The molecule has 5 nitrogen and oxygen atoms in total. The fraction of sp³-hybridized carbons (Fsp3) is 0.308. The summed E-state index contributed by atoms with van der Waals surface area (Å²) in [6, 6.07) is 14.6. The van der Waals surface area contributed by atoms with Gasteiger partial charge in [0, 0.05) is 49.5 Å². The number of carbonyl (C=O) groups excluding carboxylic acids is 1. The molecule has 0 bridgehead atoms. The Morgan fingerprint density at radius 2 is 1.74 bits per heavy atom. The number of halogens is 3. The number of piperazine rings is 1. The fourth-order valence-electron chi connectivity index (χ4n) is 4.04. The predicted molar refractivity (Wildman–Crippen MR) is 134 cm³/mol. The topological polar surface area (TPSA) is 45.7 Å². The van der Waals surface area contributed by atoms with Crippen molar-refractivity contribution in [2.45, 2.75) is 17.7 Å². The van der Waals surface area contributed by atoms with Crippen LogP contribution in [0.4, 0.5) is 8.78 Å². The molecule has 1 aliphatic rings. The van der Waals surface area contributed by atoms with Gasteiger partial charge >= 0.3 is 0 Å². The van der Waals surface area contributed by atoms with E-state index in [0.717, 1.165) is 10.6 Å². The third-order valence-electron chi connectivity index (χ3n) is 6.01. The second-order valence-electron chi connectivity index (χ2n) is 8.20. The Morgan fingerprint density at radius 1 is 1.06 bits per heavy atom. The molecule has 3 aromatic rings. The summed E-state index contributed by atoms with van der Waals surface area (Å²) in [6.07, 6.45) is 3.17. The zero-order valence-electron chi connectivity index (χ0n) is 19.3. The molecule has 1 fully saturated rings. The van der Waals surface area contributed by atoms with E-state index >= 15 is 0 Å². The van der Waals surface area contributed by atoms with Crippen LogP contribution in [0.2, 0.25) is 5.02 Å². The monoisotopic (exact) mass is 517 g/mol. The molecule has 2 aromatic carbocycles. The highest BCUT2D eigenvalue weighted by atomic mass is 35.5. The van der Waals surface area contributed by atoms with Gasteiger partial charge in [-0.3, -0.25) is 9.69 Å². The highest BCUT2D eigenvalue weighted by Crippen LogP contribution is 2.25. The van der Waals surface area contributed by atoms with Gasteiger partial charge in [0.1, 0.15) is 16.7 Å². The fourth-order valence-corrected chi connectivity index (χ4v) is 4.71. The van der Waals surface area contributed by atoms with E-state index in [1.165, 1.54) is 30.0 Å². The minimum atomic E-state index is -0.632. The Labute approximate surface area is 213 Å². The molecule has 2 heterocycles. The molecular weight excluding hydrogens is 492 g/mol. The first-order valence-electron chi connectivity index (χ1n) is 11.3. The van der Waals surface area contributed by atoms with Crippen molar-refractivity contribution in [1.29, 1.82) is 0 Å². The van der Waals surface area contributed by atoms with Crippen LogP contribution in [0.5, 0.6) is 0 Å². The van der Waals surface area contributed by atoms with Gasteiger partial charge in [-0.05, 0) is 48.2 Å². The molecule has 1 saturated heterocycles. The highest BCUT2D eigenvalue weighted by Gasteiger charge is 2.26. The largest absolute Gasteiger partial charge is 0.367 e. The summed E-state index contributed by atoms with van der Waals surface area (Å²) < 4.78 is 34.3. The van der Waals surface area contributed by atoms with E-state index in [-0.39, 0.29) is 18.1 Å². The van der Waals surface area contributed by atoms with Crippen LogP contribution in [0.25, 0.3) is 0 Å². The van der Waals surface area contributed by atoms with Crippen LogP contribution >= 0.6 is 23.4 Å². The Bertz CT molecular complexity index is 1140. The number of hydrogen-bond acceptors (Lipinski definition) is 5. The average molecular weight is 518 g/mol. The van der Waals surface area contributed by atoms with Crippen molar-refractivity contribution in [2.24, 2.45) is 0 Å². The smallest absolute Gasteiger partial charge is 0.256 e. The minimum Gasteiger partial charge on any atom is -0.367 e. The lowest BCUT2D eigenvalue weighted by Gasteiger charge is -2.36. The second kappa shape index (κ2) is 11.9. The number of aromatic nitrogens is 1. The number of nitrogens with zero attached hydrogens (tertiary/aromatic N) is 3. The van der Waals surface area contributed by atoms with E-state index in [4.69, 9.17) is 16.3 Å². The van der Waals surface area contributed by atoms with E-state index in [1.54, 1.807) is 30.5 Å². The van der Waals surface area contributed by atoms with Crippen molar-refractivity contribution in [1.82, 2.24) is 14.8 Å². The lowest BCUT2D eigenvalue weighted by Crippen LogP contribution is -2.49. The maximum atomic E-state index is 14.1. The second-order valence-corrected chi connectivity index (χ2v) is 9.44. The van der Waals surface area contributed by atoms with E-state index in [2.05, 4.69) is 9.88 Å². The molecule has 1 amide bonds.